The second-order valence-corrected chi connectivity index (χ2v) is 7.04. The molecule has 9 nitrogen and oxygen atoms in total. The van der Waals surface area contributed by atoms with Gasteiger partial charge in [-0.15, -0.1) is 0 Å². The predicted octanol–water partition coefficient (Wildman–Crippen LogP) is -1.67. The zero-order chi connectivity index (χ0) is 23.0. The van der Waals surface area contributed by atoms with Gasteiger partial charge in [-0.05, 0) is 35.9 Å². The van der Waals surface area contributed by atoms with Gasteiger partial charge in [0.1, 0.15) is 5.70 Å². The van der Waals surface area contributed by atoms with Crippen molar-refractivity contribution in [2.45, 2.75) is 6.54 Å². The molecule has 34 heavy (non-hydrogen) atoms. The van der Waals surface area contributed by atoms with Crippen LogP contribution >= 0.6 is 0 Å². The summed E-state index contributed by atoms with van der Waals surface area (Å²) in [5.41, 5.74) is 5.62. The minimum Gasteiger partial charge on any atom is -1.00 e. The van der Waals surface area contributed by atoms with Crippen LogP contribution in [0.15, 0.2) is 84.8 Å². The van der Waals surface area contributed by atoms with Crippen molar-refractivity contribution in [1.29, 1.82) is 0 Å². The second-order valence-electron chi connectivity index (χ2n) is 7.04. The third-order valence-electron chi connectivity index (χ3n) is 4.66. The van der Waals surface area contributed by atoms with Gasteiger partial charge < -0.3 is 27.2 Å². The van der Waals surface area contributed by atoms with E-state index >= 15 is 0 Å². The predicted molar refractivity (Wildman–Crippen MR) is 117 cm³/mol. The Balaban J connectivity index is 0.00000324. The quantitative estimate of drug-likeness (QED) is 0.222. The lowest BCUT2D eigenvalue weighted by atomic mass is 10.1. The van der Waals surface area contributed by atoms with Crippen molar-refractivity contribution in [3.63, 3.8) is 0 Å². The molecule has 2 aromatic carbocycles. The average molecular weight is 481 g/mol. The highest BCUT2D eigenvalue weighted by atomic mass is 35.5. The number of benzene rings is 2. The molecule has 10 heteroatoms. The van der Waals surface area contributed by atoms with E-state index in [2.05, 4.69) is 16.2 Å². The van der Waals surface area contributed by atoms with E-state index in [0.717, 1.165) is 0 Å². The molecule has 2 heterocycles. The van der Waals surface area contributed by atoms with E-state index in [1.54, 1.807) is 77.6 Å². The van der Waals surface area contributed by atoms with Gasteiger partial charge in [-0.3, -0.25) is 25.2 Å². The summed E-state index contributed by atoms with van der Waals surface area (Å²) in [5, 5.41) is 2.60. The molecule has 0 unspecified atom stereocenters. The number of carbonyl (C=O) groups is 3. The summed E-state index contributed by atoms with van der Waals surface area (Å²) in [6.07, 6.45) is 4.94. The molecule has 0 saturated carbocycles. The molecule has 0 bridgehead atoms. The third kappa shape index (κ3) is 6.33. The number of fused-ring (bicyclic) bond motifs is 1. The van der Waals surface area contributed by atoms with Crippen LogP contribution in [0, 0.1) is 0 Å². The van der Waals surface area contributed by atoms with Crippen LogP contribution in [0.1, 0.15) is 15.9 Å². The maximum absolute atomic E-state index is 12.8. The zero-order valence-electron chi connectivity index (χ0n) is 17.9. The zero-order valence-corrected chi connectivity index (χ0v) is 18.6. The Hall–Kier alpha value is -4.37. The van der Waals surface area contributed by atoms with Gasteiger partial charge in [0.25, 0.3) is 11.8 Å². The monoisotopic (exact) mass is 480 g/mol. The Bertz CT molecular complexity index is 1200. The molecule has 1 aliphatic heterocycles. The van der Waals surface area contributed by atoms with Gasteiger partial charge >= 0.3 is 5.91 Å². The topological polar surface area (TPSA) is 110 Å². The Kier molecular flexibility index (Phi) is 8.20. The van der Waals surface area contributed by atoms with Gasteiger partial charge in [-0.25, -0.2) is 0 Å². The number of halogens is 1. The van der Waals surface area contributed by atoms with E-state index in [4.69, 9.17) is 9.47 Å². The molecule has 174 valence electrons. The van der Waals surface area contributed by atoms with Crippen LogP contribution in [0.2, 0.25) is 0 Å². The van der Waals surface area contributed by atoms with E-state index in [0.29, 0.717) is 22.6 Å². The lowest BCUT2D eigenvalue weighted by Gasteiger charge is -2.12. The molecule has 0 spiro atoms. The van der Waals surface area contributed by atoms with Crippen LogP contribution in [-0.4, -0.2) is 24.5 Å². The summed E-state index contributed by atoms with van der Waals surface area (Å²) in [6, 6.07) is 19.0. The van der Waals surface area contributed by atoms with Crippen molar-refractivity contribution >= 4 is 23.8 Å². The SMILES string of the molecule is O=C(C[n+]1ccccc1)NNC(=O)/C(=C\c1ccc2c(c1)OCO2)NC(=O)c1ccccc1.[Cl-]. The fourth-order valence-electron chi connectivity index (χ4n) is 3.05. The van der Waals surface area contributed by atoms with Crippen molar-refractivity contribution in [3.05, 3.63) is 95.9 Å². The lowest BCUT2D eigenvalue weighted by molar-refractivity contribution is -0.684. The smallest absolute Gasteiger partial charge is 0.304 e. The van der Waals surface area contributed by atoms with Gasteiger partial charge in [0.05, 0.1) is 0 Å². The molecule has 3 amide bonds. The van der Waals surface area contributed by atoms with E-state index in [1.807, 2.05) is 6.07 Å². The minimum atomic E-state index is -0.691. The number of hydrogen-bond donors (Lipinski definition) is 3. The first-order valence-electron chi connectivity index (χ1n) is 10.1. The Morgan fingerprint density at radius 2 is 1.59 bits per heavy atom. The molecule has 1 aromatic heterocycles. The summed E-state index contributed by atoms with van der Waals surface area (Å²) in [7, 11) is 0. The van der Waals surface area contributed by atoms with Crippen molar-refractivity contribution in [3.8, 4) is 11.5 Å². The summed E-state index contributed by atoms with van der Waals surface area (Å²) in [4.78, 5) is 37.7. The first kappa shape index (κ1) is 24.3. The van der Waals surface area contributed by atoms with Crippen LogP contribution in [-0.2, 0) is 16.1 Å². The first-order valence-corrected chi connectivity index (χ1v) is 10.1. The number of nitrogens with zero attached hydrogens (tertiary/aromatic N) is 1. The number of nitrogens with one attached hydrogen (secondary N) is 3. The molecule has 3 aromatic rings. The largest absolute Gasteiger partial charge is 1.00 e. The lowest BCUT2D eigenvalue weighted by Crippen LogP contribution is -3.00. The van der Waals surface area contributed by atoms with Crippen LogP contribution in [0.3, 0.4) is 0 Å². The van der Waals surface area contributed by atoms with E-state index in [1.165, 1.54) is 6.08 Å². The van der Waals surface area contributed by atoms with Crippen molar-refractivity contribution in [1.82, 2.24) is 16.2 Å². The maximum atomic E-state index is 12.8. The van der Waals surface area contributed by atoms with Crippen molar-refractivity contribution in [2.24, 2.45) is 0 Å². The fraction of sp³-hybridized carbons (Fsp3) is 0.0833. The van der Waals surface area contributed by atoms with Crippen LogP contribution < -0.4 is 42.6 Å². The molecule has 0 radical (unpaired) electrons. The van der Waals surface area contributed by atoms with E-state index < -0.39 is 17.7 Å². The van der Waals surface area contributed by atoms with E-state index in [-0.39, 0.29) is 31.4 Å². The van der Waals surface area contributed by atoms with Gasteiger partial charge in [0.15, 0.2) is 23.9 Å². The highest BCUT2D eigenvalue weighted by molar-refractivity contribution is 6.05. The number of hydrogen-bond acceptors (Lipinski definition) is 5. The molecule has 1 aliphatic rings. The number of aromatic nitrogens is 1. The summed E-state index contributed by atoms with van der Waals surface area (Å²) < 4.78 is 12.3. The molecule has 0 fully saturated rings. The molecule has 0 saturated heterocycles. The maximum Gasteiger partial charge on any atom is 0.304 e. The number of carbonyl (C=O) groups excluding carboxylic acids is 3. The normalized spacial score (nSPS) is 11.7. The molecule has 0 atom stereocenters. The third-order valence-corrected chi connectivity index (χ3v) is 4.66. The highest BCUT2D eigenvalue weighted by Gasteiger charge is 2.18. The number of ether oxygens (including phenoxy) is 2. The Labute approximate surface area is 201 Å². The van der Waals surface area contributed by atoms with Crippen LogP contribution in [0.25, 0.3) is 6.08 Å². The van der Waals surface area contributed by atoms with Crippen LogP contribution in [0.4, 0.5) is 0 Å². The molecule has 0 aliphatic carbocycles. The Morgan fingerprint density at radius 1 is 0.882 bits per heavy atom. The average Bonchev–Trinajstić information content (AvgIpc) is 3.31. The number of rotatable bonds is 6. The van der Waals surface area contributed by atoms with Gasteiger partial charge in [-0.1, -0.05) is 30.3 Å². The molecule has 3 N–H and O–H groups in total. The number of hydrazine groups is 1. The number of pyridine rings is 1. The summed E-state index contributed by atoms with van der Waals surface area (Å²) in [5.74, 6) is -0.466. The van der Waals surface area contributed by atoms with Crippen LogP contribution in [0.5, 0.6) is 11.5 Å². The van der Waals surface area contributed by atoms with Crippen molar-refractivity contribution in [2.75, 3.05) is 6.79 Å². The summed E-state index contributed by atoms with van der Waals surface area (Å²) >= 11 is 0. The van der Waals surface area contributed by atoms with Gasteiger partial charge in [-0.2, -0.15) is 4.57 Å². The Morgan fingerprint density at radius 3 is 2.35 bits per heavy atom. The second kappa shape index (κ2) is 11.5. The minimum absolute atomic E-state index is 0. The van der Waals surface area contributed by atoms with Gasteiger partial charge in [0.2, 0.25) is 13.3 Å². The number of amides is 3. The molecule has 4 rings (SSSR count). The fourth-order valence-corrected chi connectivity index (χ4v) is 3.05. The first-order chi connectivity index (χ1) is 16.1. The van der Waals surface area contributed by atoms with Gasteiger partial charge in [0, 0.05) is 17.7 Å². The molecular formula is C24H21ClN4O5. The molecular weight excluding hydrogens is 460 g/mol. The standard InChI is InChI=1S/C24H20N4O5.ClH/c29-22(15-28-11-5-2-6-12-28)26-27-24(31)19(25-23(30)18-7-3-1-4-8-18)13-17-9-10-20-21(14-17)33-16-32-20;/h1-14H,15-16H2,(H2-,25,26,27,29,30,31);1H/b19-13+;. The van der Waals surface area contributed by atoms with E-state index in [9.17, 15) is 14.4 Å². The highest BCUT2D eigenvalue weighted by Crippen LogP contribution is 2.33. The summed E-state index contributed by atoms with van der Waals surface area (Å²) in [6.45, 7) is 0.130. The van der Waals surface area contributed by atoms with Crippen molar-refractivity contribution < 1.29 is 40.8 Å².